The number of hydrogen-bond acceptors (Lipinski definition) is 3. The largest absolute Gasteiger partial charge is 0.378 e. The van der Waals surface area contributed by atoms with Gasteiger partial charge < -0.3 is 15.0 Å². The molecule has 1 aromatic carbocycles. The first-order valence-corrected chi connectivity index (χ1v) is 10.4. The van der Waals surface area contributed by atoms with E-state index in [9.17, 15) is 9.59 Å². The minimum atomic E-state index is -0.161. The number of rotatable bonds is 7. The van der Waals surface area contributed by atoms with Gasteiger partial charge in [0, 0.05) is 26.6 Å². The van der Waals surface area contributed by atoms with Gasteiger partial charge in [-0.3, -0.25) is 9.59 Å². The van der Waals surface area contributed by atoms with Crippen LogP contribution in [0.1, 0.15) is 69.0 Å². The second-order valence-electron chi connectivity index (χ2n) is 7.72. The summed E-state index contributed by atoms with van der Waals surface area (Å²) >= 11 is 0. The molecule has 3 rings (SSSR count). The molecule has 0 aromatic heterocycles. The third-order valence-corrected chi connectivity index (χ3v) is 5.74. The molecule has 1 fully saturated rings. The highest BCUT2D eigenvalue weighted by Gasteiger charge is 2.30. The van der Waals surface area contributed by atoms with E-state index in [1.165, 1.54) is 37.7 Å². The van der Waals surface area contributed by atoms with E-state index in [0.29, 0.717) is 32.2 Å². The summed E-state index contributed by atoms with van der Waals surface area (Å²) in [5, 5.41) is 3.00. The molecule has 5 heteroatoms. The van der Waals surface area contributed by atoms with Crippen LogP contribution in [0.5, 0.6) is 0 Å². The fourth-order valence-corrected chi connectivity index (χ4v) is 4.28. The van der Waals surface area contributed by atoms with Gasteiger partial charge in [-0.15, -0.1) is 0 Å². The van der Waals surface area contributed by atoms with Gasteiger partial charge in [0.05, 0.1) is 18.6 Å². The van der Waals surface area contributed by atoms with Gasteiger partial charge in [-0.25, -0.2) is 0 Å². The zero-order valence-corrected chi connectivity index (χ0v) is 16.4. The lowest BCUT2D eigenvalue weighted by molar-refractivity contribution is -0.133. The number of ether oxygens (including phenoxy) is 1. The summed E-state index contributed by atoms with van der Waals surface area (Å²) in [6.45, 7) is 3.59. The van der Waals surface area contributed by atoms with Crippen molar-refractivity contribution in [2.24, 2.45) is 0 Å². The second-order valence-corrected chi connectivity index (χ2v) is 7.72. The number of nitrogens with zero attached hydrogens (tertiary/aromatic N) is 1. The zero-order valence-electron chi connectivity index (χ0n) is 16.4. The Labute approximate surface area is 162 Å². The summed E-state index contributed by atoms with van der Waals surface area (Å²) in [6, 6.07) is 7.98. The van der Waals surface area contributed by atoms with Crippen LogP contribution >= 0.6 is 0 Å². The van der Waals surface area contributed by atoms with Gasteiger partial charge in [-0.1, -0.05) is 43.5 Å². The van der Waals surface area contributed by atoms with Crippen molar-refractivity contribution in [2.45, 2.75) is 70.4 Å². The van der Waals surface area contributed by atoms with E-state index in [4.69, 9.17) is 4.74 Å². The number of carbonyl (C=O) groups is 2. The van der Waals surface area contributed by atoms with Crippen LogP contribution in [0.3, 0.4) is 0 Å². The van der Waals surface area contributed by atoms with Gasteiger partial charge in [0.2, 0.25) is 11.8 Å². The lowest BCUT2D eigenvalue weighted by atomic mass is 9.90. The molecule has 2 amide bonds. The maximum Gasteiger partial charge on any atom is 0.222 e. The lowest BCUT2D eigenvalue weighted by Gasteiger charge is -2.36. The summed E-state index contributed by atoms with van der Waals surface area (Å²) in [6.07, 6.45) is 8.65. The van der Waals surface area contributed by atoms with Gasteiger partial charge in [0.25, 0.3) is 0 Å². The molecule has 1 unspecified atom stereocenters. The summed E-state index contributed by atoms with van der Waals surface area (Å²) in [4.78, 5) is 26.3. The molecule has 27 heavy (non-hydrogen) atoms. The van der Waals surface area contributed by atoms with Crippen molar-refractivity contribution >= 4 is 11.8 Å². The quantitative estimate of drug-likeness (QED) is 0.747. The highest BCUT2D eigenvalue weighted by Crippen LogP contribution is 2.32. The third kappa shape index (κ3) is 5.55. The molecule has 2 aliphatic rings. The molecule has 1 saturated carbocycles. The topological polar surface area (TPSA) is 58.6 Å². The number of carbonyl (C=O) groups excluding carboxylic acids is 2. The molecule has 1 N–H and O–H groups in total. The maximum atomic E-state index is 12.5. The maximum absolute atomic E-state index is 12.5. The second kappa shape index (κ2) is 9.88. The zero-order chi connectivity index (χ0) is 19.1. The normalized spacial score (nSPS) is 20.2. The molecule has 0 radical (unpaired) electrons. The molecule has 0 bridgehead atoms. The van der Waals surface area contributed by atoms with Gasteiger partial charge in [0.15, 0.2) is 0 Å². The van der Waals surface area contributed by atoms with Crippen LogP contribution in [0.4, 0.5) is 0 Å². The standard InChI is InChI=1S/C22H32N2O3/c1-17(25)24-14-12-18-8-5-6-11-20(18)21(24)16-22(26)23-13-7-15-27-19-9-3-2-4-10-19/h5-6,8,11,19,21H,2-4,7,9-10,12-16H2,1H3,(H,23,26). The number of amides is 2. The predicted octanol–water partition coefficient (Wildman–Crippen LogP) is 3.38. The highest BCUT2D eigenvalue weighted by atomic mass is 16.5. The number of nitrogens with one attached hydrogen (secondary N) is 1. The van der Waals surface area contributed by atoms with Crippen molar-refractivity contribution < 1.29 is 14.3 Å². The van der Waals surface area contributed by atoms with Crippen molar-refractivity contribution in [3.8, 4) is 0 Å². The smallest absolute Gasteiger partial charge is 0.222 e. The van der Waals surface area contributed by atoms with Crippen LogP contribution in [0.15, 0.2) is 24.3 Å². The Hall–Kier alpha value is -1.88. The molecular formula is C22H32N2O3. The van der Waals surface area contributed by atoms with Crippen LogP contribution in [-0.2, 0) is 20.7 Å². The number of hydrogen-bond donors (Lipinski definition) is 1. The average molecular weight is 373 g/mol. The fourth-order valence-electron chi connectivity index (χ4n) is 4.28. The summed E-state index contributed by atoms with van der Waals surface area (Å²) < 4.78 is 5.91. The minimum Gasteiger partial charge on any atom is -0.378 e. The van der Waals surface area contributed by atoms with Crippen LogP contribution in [0.2, 0.25) is 0 Å². The molecule has 148 valence electrons. The molecule has 1 aliphatic heterocycles. The van der Waals surface area contributed by atoms with Crippen molar-refractivity contribution in [3.63, 3.8) is 0 Å². The van der Waals surface area contributed by atoms with Crippen LogP contribution in [0.25, 0.3) is 0 Å². The first-order valence-electron chi connectivity index (χ1n) is 10.4. The Morgan fingerprint density at radius 2 is 1.96 bits per heavy atom. The minimum absolute atomic E-state index is 0.000574. The first-order chi connectivity index (χ1) is 13.1. The van der Waals surface area contributed by atoms with Crippen molar-refractivity contribution in [2.75, 3.05) is 19.7 Å². The van der Waals surface area contributed by atoms with E-state index in [1.54, 1.807) is 6.92 Å². The van der Waals surface area contributed by atoms with Crippen LogP contribution in [0, 0.1) is 0 Å². The molecule has 1 aliphatic carbocycles. The Balaban J connectivity index is 1.45. The van der Waals surface area contributed by atoms with E-state index in [1.807, 2.05) is 23.1 Å². The Morgan fingerprint density at radius 3 is 2.74 bits per heavy atom. The van der Waals surface area contributed by atoms with Crippen molar-refractivity contribution in [1.29, 1.82) is 0 Å². The van der Waals surface area contributed by atoms with Gasteiger partial charge >= 0.3 is 0 Å². The molecule has 1 heterocycles. The predicted molar refractivity (Wildman–Crippen MR) is 105 cm³/mol. The van der Waals surface area contributed by atoms with Gasteiger partial charge in [-0.05, 0) is 36.8 Å². The number of benzene rings is 1. The molecule has 1 aromatic rings. The average Bonchev–Trinajstić information content (AvgIpc) is 2.68. The van der Waals surface area contributed by atoms with Crippen molar-refractivity contribution in [1.82, 2.24) is 10.2 Å². The van der Waals surface area contributed by atoms with E-state index >= 15 is 0 Å². The van der Waals surface area contributed by atoms with E-state index in [0.717, 1.165) is 18.4 Å². The summed E-state index contributed by atoms with van der Waals surface area (Å²) in [7, 11) is 0. The van der Waals surface area contributed by atoms with E-state index in [2.05, 4.69) is 11.4 Å². The Morgan fingerprint density at radius 1 is 1.19 bits per heavy atom. The van der Waals surface area contributed by atoms with Gasteiger partial charge in [0.1, 0.15) is 0 Å². The Kier molecular flexibility index (Phi) is 7.27. The summed E-state index contributed by atoms with van der Waals surface area (Å²) in [5.41, 5.74) is 2.35. The third-order valence-electron chi connectivity index (χ3n) is 5.74. The first kappa shape index (κ1) is 19.9. The monoisotopic (exact) mass is 372 g/mol. The molecule has 0 spiro atoms. The lowest BCUT2D eigenvalue weighted by Crippen LogP contribution is -2.41. The van der Waals surface area contributed by atoms with Crippen molar-refractivity contribution in [3.05, 3.63) is 35.4 Å². The van der Waals surface area contributed by atoms with E-state index < -0.39 is 0 Å². The van der Waals surface area contributed by atoms with Crippen LogP contribution < -0.4 is 5.32 Å². The fraction of sp³-hybridized carbons (Fsp3) is 0.636. The van der Waals surface area contributed by atoms with E-state index in [-0.39, 0.29) is 17.9 Å². The Bertz CT molecular complexity index is 640. The molecule has 1 atom stereocenters. The van der Waals surface area contributed by atoms with Crippen LogP contribution in [-0.4, -0.2) is 42.5 Å². The molecular weight excluding hydrogens is 340 g/mol. The summed E-state index contributed by atoms with van der Waals surface area (Å²) in [5.74, 6) is 0.0313. The molecule has 5 nitrogen and oxygen atoms in total. The number of fused-ring (bicyclic) bond motifs is 1. The molecule has 0 saturated heterocycles. The van der Waals surface area contributed by atoms with Gasteiger partial charge in [-0.2, -0.15) is 0 Å². The SMILES string of the molecule is CC(=O)N1CCc2ccccc2C1CC(=O)NCCCOC1CCCCC1. The highest BCUT2D eigenvalue weighted by molar-refractivity contribution is 5.79.